The number of para-hydroxylation sites is 2. The minimum atomic E-state index is -0.643. The minimum absolute atomic E-state index is 0.454. The number of rotatable bonds is 3. The molecule has 0 amide bonds. The lowest BCUT2D eigenvalue weighted by atomic mass is 10.2. The smallest absolute Gasteiger partial charge is 0.137 e. The molecular weight excluding hydrogens is 240 g/mol. The van der Waals surface area contributed by atoms with E-state index in [-0.39, 0.29) is 0 Å². The first-order valence-electron chi connectivity index (χ1n) is 6.22. The maximum absolute atomic E-state index is 10.3. The third-order valence-electron chi connectivity index (χ3n) is 3.41. The average molecular weight is 256 g/mol. The standard InChI is InChI=1S/C14H16N4O/c1-17-8-7-15-14(17)12(19)9-13-16-10-5-3-4-6-11(10)18(13)2/h3-8,12,19H,9H2,1-2H3. The molecule has 5 nitrogen and oxygen atoms in total. The Morgan fingerprint density at radius 3 is 2.74 bits per heavy atom. The van der Waals surface area contributed by atoms with Gasteiger partial charge in [-0.1, -0.05) is 12.1 Å². The molecule has 1 atom stereocenters. The van der Waals surface area contributed by atoms with Crippen molar-refractivity contribution in [3.8, 4) is 0 Å². The number of nitrogens with zero attached hydrogens (tertiary/aromatic N) is 4. The van der Waals surface area contributed by atoms with Gasteiger partial charge in [0, 0.05) is 32.9 Å². The van der Waals surface area contributed by atoms with Crippen LogP contribution in [0.15, 0.2) is 36.7 Å². The molecule has 2 heterocycles. The SMILES string of the molecule is Cn1ccnc1C(O)Cc1nc2ccccc2n1C. The predicted molar refractivity (Wildman–Crippen MR) is 72.6 cm³/mol. The van der Waals surface area contributed by atoms with Gasteiger partial charge >= 0.3 is 0 Å². The molecular formula is C14H16N4O. The molecule has 0 aliphatic carbocycles. The Balaban J connectivity index is 1.93. The first kappa shape index (κ1) is 11.9. The summed E-state index contributed by atoms with van der Waals surface area (Å²) in [7, 11) is 3.84. The van der Waals surface area contributed by atoms with Crippen molar-refractivity contribution in [2.75, 3.05) is 0 Å². The Kier molecular flexibility index (Phi) is 2.83. The molecule has 0 aliphatic heterocycles. The molecule has 98 valence electrons. The summed E-state index contributed by atoms with van der Waals surface area (Å²) in [5.74, 6) is 1.52. The van der Waals surface area contributed by atoms with Gasteiger partial charge in [-0.05, 0) is 12.1 Å². The van der Waals surface area contributed by atoms with Crippen LogP contribution in [0.25, 0.3) is 11.0 Å². The Hall–Kier alpha value is -2.14. The number of aryl methyl sites for hydroxylation is 2. The number of imidazole rings is 2. The monoisotopic (exact) mass is 256 g/mol. The van der Waals surface area contributed by atoms with Crippen LogP contribution in [0.5, 0.6) is 0 Å². The first-order chi connectivity index (χ1) is 9.16. The van der Waals surface area contributed by atoms with E-state index in [1.165, 1.54) is 0 Å². The lowest BCUT2D eigenvalue weighted by molar-refractivity contribution is 0.161. The van der Waals surface area contributed by atoms with Crippen LogP contribution in [0.4, 0.5) is 0 Å². The summed E-state index contributed by atoms with van der Waals surface area (Å²) in [6.07, 6.45) is 3.33. The van der Waals surface area contributed by atoms with Gasteiger partial charge in [0.05, 0.1) is 11.0 Å². The normalized spacial score (nSPS) is 13.0. The second kappa shape index (κ2) is 4.51. The molecule has 1 unspecified atom stereocenters. The van der Waals surface area contributed by atoms with Crippen LogP contribution in [0, 0.1) is 0 Å². The first-order valence-corrected chi connectivity index (χ1v) is 6.22. The van der Waals surface area contributed by atoms with Crippen LogP contribution in [0.3, 0.4) is 0 Å². The van der Waals surface area contributed by atoms with Gasteiger partial charge in [0.2, 0.25) is 0 Å². The Morgan fingerprint density at radius 1 is 1.26 bits per heavy atom. The van der Waals surface area contributed by atoms with Crippen LogP contribution in [-0.2, 0) is 20.5 Å². The highest BCUT2D eigenvalue weighted by Gasteiger charge is 2.17. The van der Waals surface area contributed by atoms with E-state index in [1.54, 1.807) is 6.20 Å². The summed E-state index contributed by atoms with van der Waals surface area (Å²) < 4.78 is 3.84. The fourth-order valence-electron chi connectivity index (χ4n) is 2.34. The van der Waals surface area contributed by atoms with E-state index in [9.17, 15) is 5.11 Å². The van der Waals surface area contributed by atoms with E-state index < -0.39 is 6.10 Å². The molecule has 2 aromatic heterocycles. The fourth-order valence-corrected chi connectivity index (χ4v) is 2.34. The van der Waals surface area contributed by atoms with Gasteiger partial charge in [0.15, 0.2) is 0 Å². The zero-order valence-electron chi connectivity index (χ0n) is 11.0. The molecule has 19 heavy (non-hydrogen) atoms. The van der Waals surface area contributed by atoms with Crippen molar-refractivity contribution in [1.82, 2.24) is 19.1 Å². The third-order valence-corrected chi connectivity index (χ3v) is 3.41. The Labute approximate surface area is 111 Å². The summed E-state index contributed by atoms with van der Waals surface area (Å²) in [5.41, 5.74) is 2.02. The summed E-state index contributed by atoms with van der Waals surface area (Å²) in [4.78, 5) is 8.73. The van der Waals surface area contributed by atoms with E-state index >= 15 is 0 Å². The summed E-state index contributed by atoms with van der Waals surface area (Å²) >= 11 is 0. The molecule has 0 saturated carbocycles. The summed E-state index contributed by atoms with van der Waals surface area (Å²) in [5, 5.41) is 10.3. The number of aliphatic hydroxyl groups excluding tert-OH is 1. The molecule has 0 fully saturated rings. The van der Waals surface area contributed by atoms with Gasteiger partial charge in [-0.25, -0.2) is 9.97 Å². The fraction of sp³-hybridized carbons (Fsp3) is 0.286. The average Bonchev–Trinajstić information content (AvgIpc) is 2.95. The van der Waals surface area contributed by atoms with E-state index in [0.29, 0.717) is 12.2 Å². The summed E-state index contributed by atoms with van der Waals surface area (Å²) in [6, 6.07) is 7.96. The highest BCUT2D eigenvalue weighted by molar-refractivity contribution is 5.75. The lowest BCUT2D eigenvalue weighted by Gasteiger charge is -2.10. The molecule has 0 saturated heterocycles. The van der Waals surface area contributed by atoms with Crippen LogP contribution in [-0.4, -0.2) is 24.2 Å². The zero-order valence-corrected chi connectivity index (χ0v) is 11.0. The molecule has 3 rings (SSSR count). The third kappa shape index (κ3) is 2.02. The van der Waals surface area contributed by atoms with Gasteiger partial charge < -0.3 is 14.2 Å². The maximum Gasteiger partial charge on any atom is 0.137 e. The minimum Gasteiger partial charge on any atom is -0.385 e. The van der Waals surface area contributed by atoms with Gasteiger partial charge in [0.25, 0.3) is 0 Å². The molecule has 1 N–H and O–H groups in total. The Morgan fingerprint density at radius 2 is 2.05 bits per heavy atom. The second-order valence-corrected chi connectivity index (χ2v) is 4.69. The number of hydrogen-bond donors (Lipinski definition) is 1. The van der Waals surface area contributed by atoms with Gasteiger partial charge in [0.1, 0.15) is 17.8 Å². The molecule has 3 aromatic rings. The van der Waals surface area contributed by atoms with E-state index in [2.05, 4.69) is 9.97 Å². The maximum atomic E-state index is 10.3. The molecule has 0 spiro atoms. The van der Waals surface area contributed by atoms with Crippen LogP contribution in [0.2, 0.25) is 0 Å². The molecule has 0 bridgehead atoms. The van der Waals surface area contributed by atoms with Crippen molar-refractivity contribution in [3.05, 3.63) is 48.3 Å². The van der Waals surface area contributed by atoms with Crippen molar-refractivity contribution < 1.29 is 5.11 Å². The van der Waals surface area contributed by atoms with Crippen molar-refractivity contribution in [2.24, 2.45) is 14.1 Å². The molecule has 0 radical (unpaired) electrons. The highest BCUT2D eigenvalue weighted by atomic mass is 16.3. The van der Waals surface area contributed by atoms with Crippen molar-refractivity contribution in [3.63, 3.8) is 0 Å². The number of benzene rings is 1. The van der Waals surface area contributed by atoms with Crippen LogP contribution in [0.1, 0.15) is 17.8 Å². The van der Waals surface area contributed by atoms with E-state index in [4.69, 9.17) is 0 Å². The number of aliphatic hydroxyl groups is 1. The van der Waals surface area contributed by atoms with Crippen molar-refractivity contribution in [1.29, 1.82) is 0 Å². The van der Waals surface area contributed by atoms with Crippen molar-refractivity contribution in [2.45, 2.75) is 12.5 Å². The second-order valence-electron chi connectivity index (χ2n) is 4.69. The van der Waals surface area contributed by atoms with E-state index in [0.717, 1.165) is 16.9 Å². The topological polar surface area (TPSA) is 55.9 Å². The number of fused-ring (bicyclic) bond motifs is 1. The quantitative estimate of drug-likeness (QED) is 0.774. The molecule has 0 aliphatic rings. The van der Waals surface area contributed by atoms with Crippen molar-refractivity contribution >= 4 is 11.0 Å². The van der Waals surface area contributed by atoms with Gasteiger partial charge in [-0.15, -0.1) is 0 Å². The number of aromatic nitrogens is 4. The Bertz CT molecular complexity index is 713. The number of hydrogen-bond acceptors (Lipinski definition) is 3. The van der Waals surface area contributed by atoms with Gasteiger partial charge in [-0.2, -0.15) is 0 Å². The largest absolute Gasteiger partial charge is 0.385 e. The highest BCUT2D eigenvalue weighted by Crippen LogP contribution is 2.19. The van der Waals surface area contributed by atoms with Gasteiger partial charge in [-0.3, -0.25) is 0 Å². The van der Waals surface area contributed by atoms with Crippen LogP contribution < -0.4 is 0 Å². The summed E-state index contributed by atoms with van der Waals surface area (Å²) in [6.45, 7) is 0. The van der Waals surface area contributed by atoms with E-state index in [1.807, 2.05) is 53.7 Å². The van der Waals surface area contributed by atoms with Crippen LogP contribution >= 0.6 is 0 Å². The zero-order chi connectivity index (χ0) is 13.4. The molecule has 1 aromatic carbocycles. The predicted octanol–water partition coefficient (Wildman–Crippen LogP) is 1.58. The lowest BCUT2D eigenvalue weighted by Crippen LogP contribution is -2.11. The molecule has 5 heteroatoms.